The first kappa shape index (κ1) is 19.3. The van der Waals surface area contributed by atoms with Crippen molar-refractivity contribution in [3.63, 3.8) is 0 Å². The average molecular weight is 385 g/mol. The summed E-state index contributed by atoms with van der Waals surface area (Å²) in [6.07, 6.45) is -0.123. The van der Waals surface area contributed by atoms with Crippen molar-refractivity contribution in [3.8, 4) is 0 Å². The van der Waals surface area contributed by atoms with E-state index in [0.29, 0.717) is 21.3 Å². The number of carbonyl (C=O) groups excluding carboxylic acids is 2. The summed E-state index contributed by atoms with van der Waals surface area (Å²) in [6.45, 7) is 5.46. The highest BCUT2D eigenvalue weighted by Gasteiger charge is 2.20. The van der Waals surface area contributed by atoms with Crippen LogP contribution in [0.3, 0.4) is 0 Å². The lowest BCUT2D eigenvalue weighted by atomic mass is 9.92. The Labute approximate surface area is 155 Å². The number of hydrogen-bond acceptors (Lipinski definition) is 5. The molecule has 1 aromatic heterocycles. The summed E-state index contributed by atoms with van der Waals surface area (Å²) in [5.74, 6) is -0.951. The van der Waals surface area contributed by atoms with Crippen LogP contribution in [0.4, 0.5) is 5.88 Å². The quantitative estimate of drug-likeness (QED) is 0.787. The fourth-order valence-corrected chi connectivity index (χ4v) is 2.43. The number of carbonyl (C=O) groups is 2. The van der Waals surface area contributed by atoms with Crippen LogP contribution in [-0.2, 0) is 26.2 Å². The van der Waals surface area contributed by atoms with Crippen molar-refractivity contribution in [2.75, 3.05) is 11.9 Å². The van der Waals surface area contributed by atoms with Gasteiger partial charge in [0.05, 0.1) is 12.1 Å². The molecule has 0 saturated carbocycles. The van der Waals surface area contributed by atoms with E-state index in [-0.39, 0.29) is 17.7 Å². The topological polar surface area (TPSA) is 81.4 Å². The molecule has 1 aromatic carbocycles. The molecule has 2 aromatic rings. The molecule has 0 aliphatic heterocycles. The average Bonchev–Trinajstić information content (AvgIpc) is 2.98. The minimum atomic E-state index is -0.613. The number of nitrogens with zero attached hydrogens (tertiary/aromatic N) is 1. The second-order valence-corrected chi connectivity index (χ2v) is 7.23. The smallest absolute Gasteiger partial charge is 0.310 e. The number of ether oxygens (including phenoxy) is 1. The first-order chi connectivity index (χ1) is 11.7. The lowest BCUT2D eigenvalue weighted by Gasteiger charge is -2.12. The molecule has 0 bridgehead atoms. The zero-order chi connectivity index (χ0) is 18.6. The molecule has 0 aliphatic rings. The monoisotopic (exact) mass is 384 g/mol. The van der Waals surface area contributed by atoms with Gasteiger partial charge in [-0.05, 0) is 12.1 Å². The summed E-state index contributed by atoms with van der Waals surface area (Å²) in [5, 5.41) is 7.10. The van der Waals surface area contributed by atoms with Gasteiger partial charge in [-0.1, -0.05) is 55.2 Å². The largest absolute Gasteiger partial charge is 0.455 e. The Morgan fingerprint density at radius 2 is 1.88 bits per heavy atom. The minimum absolute atomic E-state index is 0.123. The molecule has 25 heavy (non-hydrogen) atoms. The number of halogens is 2. The third-order valence-electron chi connectivity index (χ3n) is 3.29. The van der Waals surface area contributed by atoms with Crippen LogP contribution in [0.5, 0.6) is 0 Å². The van der Waals surface area contributed by atoms with Crippen molar-refractivity contribution >= 4 is 41.0 Å². The summed E-state index contributed by atoms with van der Waals surface area (Å²) in [7, 11) is 0. The third kappa shape index (κ3) is 5.47. The number of rotatable bonds is 5. The van der Waals surface area contributed by atoms with Gasteiger partial charge in [-0.25, -0.2) is 0 Å². The third-order valence-corrected chi connectivity index (χ3v) is 4.00. The van der Waals surface area contributed by atoms with Gasteiger partial charge >= 0.3 is 5.97 Å². The molecule has 0 atom stereocenters. The van der Waals surface area contributed by atoms with Crippen molar-refractivity contribution < 1.29 is 18.8 Å². The van der Waals surface area contributed by atoms with Gasteiger partial charge in [0, 0.05) is 27.1 Å². The lowest BCUT2D eigenvalue weighted by molar-refractivity contribution is -0.146. The molecule has 1 heterocycles. The Bertz CT molecular complexity index is 761. The molecule has 0 saturated heterocycles. The number of aromatic nitrogens is 1. The number of hydrogen-bond donors (Lipinski definition) is 1. The van der Waals surface area contributed by atoms with Crippen molar-refractivity contribution in [2.45, 2.75) is 32.6 Å². The Kier molecular flexibility index (Phi) is 6.08. The van der Waals surface area contributed by atoms with Gasteiger partial charge < -0.3 is 9.26 Å². The molecule has 134 valence electrons. The van der Waals surface area contributed by atoms with Crippen LogP contribution < -0.4 is 5.32 Å². The molecule has 0 unspecified atom stereocenters. The lowest BCUT2D eigenvalue weighted by Crippen LogP contribution is -2.21. The van der Waals surface area contributed by atoms with Crippen LogP contribution >= 0.6 is 23.2 Å². The predicted molar refractivity (Wildman–Crippen MR) is 95.0 cm³/mol. The number of benzene rings is 1. The number of esters is 1. The van der Waals surface area contributed by atoms with Crippen molar-refractivity contribution in [2.24, 2.45) is 0 Å². The van der Waals surface area contributed by atoms with E-state index in [1.54, 1.807) is 24.3 Å². The van der Waals surface area contributed by atoms with Crippen LogP contribution in [0.1, 0.15) is 32.0 Å². The normalized spacial score (nSPS) is 11.2. The maximum atomic E-state index is 11.9. The zero-order valence-corrected chi connectivity index (χ0v) is 15.6. The van der Waals surface area contributed by atoms with Crippen LogP contribution in [-0.4, -0.2) is 23.6 Å². The standard InChI is InChI=1S/C17H18Cl2N2O4/c1-17(2,3)13-8-15(25-21-13)20-14(22)9-24-16(23)7-10-11(18)5-4-6-12(10)19/h4-6,8H,7,9H2,1-3H3,(H,20,22). The van der Waals surface area contributed by atoms with Crippen molar-refractivity contribution in [1.29, 1.82) is 0 Å². The number of anilines is 1. The first-order valence-corrected chi connectivity index (χ1v) is 8.28. The van der Waals surface area contributed by atoms with Gasteiger partial charge in [0.25, 0.3) is 5.91 Å². The molecule has 2 rings (SSSR count). The van der Waals surface area contributed by atoms with Gasteiger partial charge in [-0.2, -0.15) is 0 Å². The van der Waals surface area contributed by atoms with E-state index < -0.39 is 18.5 Å². The molecule has 0 fully saturated rings. The molecule has 0 radical (unpaired) electrons. The maximum absolute atomic E-state index is 11.9. The molecule has 1 N–H and O–H groups in total. The fraction of sp³-hybridized carbons (Fsp3) is 0.353. The number of nitrogens with one attached hydrogen (secondary N) is 1. The zero-order valence-electron chi connectivity index (χ0n) is 14.1. The summed E-state index contributed by atoms with van der Waals surface area (Å²) in [5.41, 5.74) is 0.960. The van der Waals surface area contributed by atoms with Crippen molar-refractivity contribution in [3.05, 3.63) is 45.6 Å². The Morgan fingerprint density at radius 3 is 2.44 bits per heavy atom. The summed E-state index contributed by atoms with van der Waals surface area (Å²) in [4.78, 5) is 23.7. The molecule has 0 aliphatic carbocycles. The Morgan fingerprint density at radius 1 is 1.24 bits per heavy atom. The predicted octanol–water partition coefficient (Wildman–Crippen LogP) is 4.00. The van der Waals surface area contributed by atoms with Crippen LogP contribution in [0.25, 0.3) is 0 Å². The van der Waals surface area contributed by atoms with Gasteiger partial charge in [0.15, 0.2) is 6.61 Å². The van der Waals surface area contributed by atoms with E-state index in [9.17, 15) is 9.59 Å². The van der Waals surface area contributed by atoms with E-state index in [2.05, 4.69) is 10.5 Å². The summed E-state index contributed by atoms with van der Waals surface area (Å²) in [6, 6.07) is 6.55. The van der Waals surface area contributed by atoms with Crippen LogP contribution in [0.2, 0.25) is 10.0 Å². The molecular weight excluding hydrogens is 367 g/mol. The molecule has 1 amide bonds. The Hall–Kier alpha value is -2.05. The minimum Gasteiger partial charge on any atom is -0.455 e. The highest BCUT2D eigenvalue weighted by molar-refractivity contribution is 6.36. The number of amides is 1. The van der Waals surface area contributed by atoms with Crippen LogP contribution in [0, 0.1) is 0 Å². The molecular formula is C17H18Cl2N2O4. The SMILES string of the molecule is CC(C)(C)c1cc(NC(=O)COC(=O)Cc2c(Cl)cccc2Cl)on1. The molecule has 8 heteroatoms. The van der Waals surface area contributed by atoms with Crippen molar-refractivity contribution in [1.82, 2.24) is 5.16 Å². The van der Waals surface area contributed by atoms with Gasteiger partial charge in [-0.3, -0.25) is 14.9 Å². The first-order valence-electron chi connectivity index (χ1n) is 7.52. The van der Waals surface area contributed by atoms with Gasteiger partial charge in [0.2, 0.25) is 5.88 Å². The van der Waals surface area contributed by atoms with E-state index >= 15 is 0 Å². The van der Waals surface area contributed by atoms with Gasteiger partial charge in [0.1, 0.15) is 0 Å². The van der Waals surface area contributed by atoms with E-state index in [1.807, 2.05) is 20.8 Å². The summed E-state index contributed by atoms with van der Waals surface area (Å²) >= 11 is 12.0. The second kappa shape index (κ2) is 7.89. The molecule has 0 spiro atoms. The summed E-state index contributed by atoms with van der Waals surface area (Å²) < 4.78 is 9.97. The maximum Gasteiger partial charge on any atom is 0.310 e. The highest BCUT2D eigenvalue weighted by atomic mass is 35.5. The van der Waals surface area contributed by atoms with E-state index in [0.717, 1.165) is 0 Å². The highest BCUT2D eigenvalue weighted by Crippen LogP contribution is 2.25. The molecule has 6 nitrogen and oxygen atoms in total. The van der Waals surface area contributed by atoms with E-state index in [1.165, 1.54) is 0 Å². The second-order valence-electron chi connectivity index (χ2n) is 6.41. The van der Waals surface area contributed by atoms with Crippen LogP contribution in [0.15, 0.2) is 28.8 Å². The Balaban J connectivity index is 1.85. The van der Waals surface area contributed by atoms with Gasteiger partial charge in [-0.15, -0.1) is 0 Å². The fourth-order valence-electron chi connectivity index (χ4n) is 1.90. The van der Waals surface area contributed by atoms with E-state index in [4.69, 9.17) is 32.5 Å².